The summed E-state index contributed by atoms with van der Waals surface area (Å²) in [6.45, 7) is 6.51. The van der Waals surface area contributed by atoms with Crippen LogP contribution in [0, 0.1) is 6.92 Å². The first-order valence-corrected chi connectivity index (χ1v) is 8.53. The van der Waals surface area contributed by atoms with E-state index in [0.29, 0.717) is 31.2 Å². The molecule has 1 aliphatic heterocycles. The zero-order valence-corrected chi connectivity index (χ0v) is 13.1. The highest BCUT2D eigenvalue weighted by Gasteiger charge is 2.26. The van der Waals surface area contributed by atoms with Gasteiger partial charge in [0.2, 0.25) is 10.0 Å². The molecule has 1 aromatic carbocycles. The molecule has 1 saturated heterocycles. The molecular formula is C14H19N3O3S. The van der Waals surface area contributed by atoms with Crippen molar-refractivity contribution < 1.29 is 13.2 Å². The lowest BCUT2D eigenvalue weighted by atomic mass is 10.3. The highest BCUT2D eigenvalue weighted by Crippen LogP contribution is 2.23. The first-order valence-electron chi connectivity index (χ1n) is 7.09. The fourth-order valence-electron chi connectivity index (χ4n) is 2.73. The van der Waals surface area contributed by atoms with E-state index in [9.17, 15) is 8.42 Å². The van der Waals surface area contributed by atoms with Crippen molar-refractivity contribution in [1.82, 2.24) is 13.9 Å². The van der Waals surface area contributed by atoms with Crippen LogP contribution in [0.15, 0.2) is 23.1 Å². The number of fused-ring (bicyclic) bond motifs is 1. The first kappa shape index (κ1) is 14.5. The fraction of sp³-hybridized carbons (Fsp3) is 0.500. The Labute approximate surface area is 124 Å². The maximum Gasteiger partial charge on any atom is 0.243 e. The van der Waals surface area contributed by atoms with Crippen LogP contribution in [0.1, 0.15) is 12.7 Å². The summed E-state index contributed by atoms with van der Waals surface area (Å²) < 4.78 is 34.0. The fourth-order valence-corrected chi connectivity index (χ4v) is 4.15. The van der Waals surface area contributed by atoms with Gasteiger partial charge in [0.15, 0.2) is 0 Å². The van der Waals surface area contributed by atoms with Crippen LogP contribution in [0.2, 0.25) is 0 Å². The largest absolute Gasteiger partial charge is 0.379 e. The van der Waals surface area contributed by atoms with Gasteiger partial charge in [-0.2, -0.15) is 4.31 Å². The Kier molecular flexibility index (Phi) is 3.73. The van der Waals surface area contributed by atoms with Gasteiger partial charge in [0.1, 0.15) is 5.82 Å². The van der Waals surface area contributed by atoms with Gasteiger partial charge in [-0.3, -0.25) is 0 Å². The second-order valence-electron chi connectivity index (χ2n) is 5.07. The summed E-state index contributed by atoms with van der Waals surface area (Å²) in [5, 5.41) is 0. The lowest BCUT2D eigenvalue weighted by Crippen LogP contribution is -2.40. The number of hydrogen-bond donors (Lipinski definition) is 0. The molecule has 1 aromatic heterocycles. The molecule has 0 unspecified atom stereocenters. The number of ether oxygens (including phenoxy) is 1. The minimum absolute atomic E-state index is 0.303. The van der Waals surface area contributed by atoms with Gasteiger partial charge in [-0.05, 0) is 32.0 Å². The van der Waals surface area contributed by atoms with E-state index in [2.05, 4.69) is 9.55 Å². The van der Waals surface area contributed by atoms with E-state index in [1.807, 2.05) is 19.9 Å². The minimum atomic E-state index is -3.46. The molecule has 0 aliphatic carbocycles. The van der Waals surface area contributed by atoms with Gasteiger partial charge in [0, 0.05) is 19.6 Å². The standard InChI is InChI=1S/C14H19N3O3S/c1-3-17-11(2)15-13-10-12(4-5-14(13)17)21(18,19)16-6-8-20-9-7-16/h4-5,10H,3,6-9H2,1-2H3. The summed E-state index contributed by atoms with van der Waals surface area (Å²) >= 11 is 0. The zero-order chi connectivity index (χ0) is 15.0. The number of rotatable bonds is 3. The molecule has 1 fully saturated rings. The molecule has 2 heterocycles. The zero-order valence-electron chi connectivity index (χ0n) is 12.2. The maximum absolute atomic E-state index is 12.6. The van der Waals surface area contributed by atoms with E-state index in [4.69, 9.17) is 4.74 Å². The summed E-state index contributed by atoms with van der Waals surface area (Å²) in [5.41, 5.74) is 1.69. The molecule has 6 nitrogen and oxygen atoms in total. The molecule has 0 saturated carbocycles. The van der Waals surface area contributed by atoms with Crippen LogP contribution in [0.5, 0.6) is 0 Å². The topological polar surface area (TPSA) is 64.4 Å². The van der Waals surface area contributed by atoms with Crippen LogP contribution in [-0.4, -0.2) is 48.6 Å². The summed E-state index contributed by atoms with van der Waals surface area (Å²) in [4.78, 5) is 4.76. The number of sulfonamides is 1. The average Bonchev–Trinajstić information content (AvgIpc) is 2.82. The highest BCUT2D eigenvalue weighted by molar-refractivity contribution is 7.89. The second kappa shape index (κ2) is 5.40. The van der Waals surface area contributed by atoms with E-state index in [0.717, 1.165) is 23.4 Å². The Morgan fingerprint density at radius 1 is 1.29 bits per heavy atom. The molecular weight excluding hydrogens is 290 g/mol. The quantitative estimate of drug-likeness (QED) is 0.859. The van der Waals surface area contributed by atoms with Crippen LogP contribution in [0.25, 0.3) is 11.0 Å². The lowest BCUT2D eigenvalue weighted by molar-refractivity contribution is 0.0730. The van der Waals surface area contributed by atoms with E-state index in [1.54, 1.807) is 12.1 Å². The Bertz CT molecular complexity index is 761. The molecule has 0 bridgehead atoms. The van der Waals surface area contributed by atoms with Crippen molar-refractivity contribution in [2.75, 3.05) is 26.3 Å². The Balaban J connectivity index is 2.04. The maximum atomic E-state index is 12.6. The molecule has 21 heavy (non-hydrogen) atoms. The summed E-state index contributed by atoms with van der Waals surface area (Å²) in [6.07, 6.45) is 0. The van der Waals surface area contributed by atoms with Gasteiger partial charge in [0.05, 0.1) is 29.1 Å². The van der Waals surface area contributed by atoms with Crippen LogP contribution < -0.4 is 0 Å². The molecule has 7 heteroatoms. The molecule has 0 atom stereocenters. The number of aromatic nitrogens is 2. The van der Waals surface area contributed by atoms with E-state index < -0.39 is 10.0 Å². The van der Waals surface area contributed by atoms with E-state index >= 15 is 0 Å². The lowest BCUT2D eigenvalue weighted by Gasteiger charge is -2.26. The third-order valence-electron chi connectivity index (χ3n) is 3.83. The molecule has 114 valence electrons. The first-order chi connectivity index (χ1) is 10.0. The molecule has 0 spiro atoms. The SMILES string of the molecule is CCn1c(C)nc2cc(S(=O)(=O)N3CCOCC3)ccc21. The van der Waals surface area contributed by atoms with Crippen molar-refractivity contribution in [3.8, 4) is 0 Å². The van der Waals surface area contributed by atoms with Gasteiger partial charge in [-0.1, -0.05) is 0 Å². The van der Waals surface area contributed by atoms with Gasteiger partial charge in [0.25, 0.3) is 0 Å². The van der Waals surface area contributed by atoms with Crippen molar-refractivity contribution in [2.45, 2.75) is 25.3 Å². The van der Waals surface area contributed by atoms with E-state index in [1.165, 1.54) is 4.31 Å². The Morgan fingerprint density at radius 2 is 2.00 bits per heavy atom. The molecule has 1 aliphatic rings. The van der Waals surface area contributed by atoms with Crippen molar-refractivity contribution in [1.29, 1.82) is 0 Å². The van der Waals surface area contributed by atoms with Crippen LogP contribution in [0.3, 0.4) is 0 Å². The second-order valence-corrected chi connectivity index (χ2v) is 7.01. The number of imidazole rings is 1. The van der Waals surface area contributed by atoms with Gasteiger partial charge < -0.3 is 9.30 Å². The average molecular weight is 309 g/mol. The predicted molar refractivity (Wildman–Crippen MR) is 79.7 cm³/mol. The number of benzene rings is 1. The molecule has 3 rings (SSSR count). The summed E-state index contributed by atoms with van der Waals surface area (Å²) in [7, 11) is -3.46. The molecule has 0 N–H and O–H groups in total. The normalized spacial score (nSPS) is 17.4. The van der Waals surface area contributed by atoms with Gasteiger partial charge >= 0.3 is 0 Å². The number of morpholine rings is 1. The van der Waals surface area contributed by atoms with Crippen LogP contribution >= 0.6 is 0 Å². The monoisotopic (exact) mass is 309 g/mol. The number of aryl methyl sites for hydroxylation is 2. The summed E-state index contributed by atoms with van der Waals surface area (Å²) in [6, 6.07) is 5.17. The van der Waals surface area contributed by atoms with Crippen molar-refractivity contribution >= 4 is 21.1 Å². The third kappa shape index (κ3) is 2.45. The summed E-state index contributed by atoms with van der Waals surface area (Å²) in [5.74, 6) is 0.897. The molecule has 0 amide bonds. The molecule has 2 aromatic rings. The van der Waals surface area contributed by atoms with Gasteiger partial charge in [-0.25, -0.2) is 13.4 Å². The van der Waals surface area contributed by atoms with Crippen molar-refractivity contribution in [3.05, 3.63) is 24.0 Å². The van der Waals surface area contributed by atoms with Crippen molar-refractivity contribution in [2.24, 2.45) is 0 Å². The van der Waals surface area contributed by atoms with Crippen molar-refractivity contribution in [3.63, 3.8) is 0 Å². The highest BCUT2D eigenvalue weighted by atomic mass is 32.2. The Hall–Kier alpha value is -1.44. The number of hydrogen-bond acceptors (Lipinski definition) is 4. The van der Waals surface area contributed by atoms with E-state index in [-0.39, 0.29) is 0 Å². The minimum Gasteiger partial charge on any atom is -0.379 e. The smallest absolute Gasteiger partial charge is 0.243 e. The number of nitrogens with zero attached hydrogens (tertiary/aromatic N) is 3. The predicted octanol–water partition coefficient (Wildman–Crippen LogP) is 1.39. The Morgan fingerprint density at radius 3 is 2.67 bits per heavy atom. The van der Waals surface area contributed by atoms with Crippen LogP contribution in [-0.2, 0) is 21.3 Å². The van der Waals surface area contributed by atoms with Gasteiger partial charge in [-0.15, -0.1) is 0 Å². The molecule has 0 radical (unpaired) electrons. The van der Waals surface area contributed by atoms with Crippen LogP contribution in [0.4, 0.5) is 0 Å². The third-order valence-corrected chi connectivity index (χ3v) is 5.73.